The van der Waals surface area contributed by atoms with Crippen molar-refractivity contribution in [2.24, 2.45) is 15.1 Å². The van der Waals surface area contributed by atoms with Crippen LogP contribution in [-0.2, 0) is 6.54 Å². The molecule has 4 nitrogen and oxygen atoms in total. The highest BCUT2D eigenvalue weighted by Crippen LogP contribution is 2.28. The molecular formula is C56H46N4. The fraction of sp³-hybridized carbons (Fsp3) is 0.0893. The summed E-state index contributed by atoms with van der Waals surface area (Å²) >= 11 is 0. The number of aromatic nitrogens is 1. The van der Waals surface area contributed by atoms with E-state index in [9.17, 15) is 0 Å². The van der Waals surface area contributed by atoms with Crippen LogP contribution in [0.1, 0.15) is 53.6 Å². The first-order valence-corrected chi connectivity index (χ1v) is 20.4. The molecule has 0 fully saturated rings. The van der Waals surface area contributed by atoms with E-state index in [0.717, 1.165) is 79.7 Å². The van der Waals surface area contributed by atoms with Crippen molar-refractivity contribution < 1.29 is 0 Å². The minimum Gasteiger partial charge on any atom is -0.264 e. The predicted octanol–water partition coefficient (Wildman–Crippen LogP) is 13.1. The lowest BCUT2D eigenvalue weighted by molar-refractivity contribution is 0.785. The number of allylic oxidation sites excluding steroid dienone is 6. The van der Waals surface area contributed by atoms with Crippen LogP contribution in [0.15, 0.2) is 215 Å². The molecule has 6 aromatic carbocycles. The quantitative estimate of drug-likeness (QED) is 0.0876. The van der Waals surface area contributed by atoms with Gasteiger partial charge in [-0.05, 0) is 93.1 Å². The van der Waals surface area contributed by atoms with Crippen molar-refractivity contribution in [3.63, 3.8) is 0 Å². The van der Waals surface area contributed by atoms with Gasteiger partial charge in [0.1, 0.15) is 6.04 Å². The third-order valence-electron chi connectivity index (χ3n) is 10.8. The van der Waals surface area contributed by atoms with Crippen LogP contribution in [0.4, 0.5) is 0 Å². The maximum absolute atomic E-state index is 6.10. The zero-order chi connectivity index (χ0) is 41.1. The summed E-state index contributed by atoms with van der Waals surface area (Å²) in [5.41, 5.74) is 15.9. The Morgan fingerprint density at radius 1 is 0.683 bits per heavy atom. The molecule has 0 radical (unpaired) electrons. The van der Waals surface area contributed by atoms with Gasteiger partial charge < -0.3 is 0 Å². The van der Waals surface area contributed by atoms with Gasteiger partial charge in [-0.2, -0.15) is 5.10 Å². The van der Waals surface area contributed by atoms with Gasteiger partial charge in [-0.15, -0.1) is 6.42 Å². The lowest BCUT2D eigenvalue weighted by atomic mass is 9.97. The molecule has 1 atom stereocenters. The molecule has 1 aromatic heterocycles. The largest absolute Gasteiger partial charge is 0.264 e. The SMILES string of the molecule is C#CC(/N=C(\C=C(/C)c1ccc(-c2ccccc2)cc1)c1ccc(-c2ccc(C/N=c3/c(-c4ccccc4)cc(C4=CCCC=C4)cn3N=C)cc2)cc1)c1ccccc1. The molecule has 1 heterocycles. The molecule has 0 bridgehead atoms. The number of aliphatic imine (C=N–C) groups is 1. The van der Waals surface area contributed by atoms with E-state index in [2.05, 4.69) is 176 Å². The molecule has 0 spiro atoms. The Bertz CT molecular complexity index is 2820. The lowest BCUT2D eigenvalue weighted by Crippen LogP contribution is -2.21. The van der Waals surface area contributed by atoms with E-state index in [1.165, 1.54) is 16.7 Å². The molecule has 60 heavy (non-hydrogen) atoms. The van der Waals surface area contributed by atoms with E-state index >= 15 is 0 Å². The van der Waals surface area contributed by atoms with Crippen LogP contribution in [-0.4, -0.2) is 17.1 Å². The Labute approximate surface area is 353 Å². The number of benzene rings is 6. The highest BCUT2D eigenvalue weighted by Gasteiger charge is 2.13. The first-order valence-electron chi connectivity index (χ1n) is 20.4. The van der Waals surface area contributed by atoms with Crippen LogP contribution in [0.2, 0.25) is 0 Å². The van der Waals surface area contributed by atoms with Crippen molar-refractivity contribution >= 4 is 23.6 Å². The van der Waals surface area contributed by atoms with Crippen LogP contribution in [0, 0.1) is 12.3 Å². The number of terminal acetylenes is 1. The van der Waals surface area contributed by atoms with Gasteiger partial charge in [0.05, 0.1) is 12.3 Å². The Balaban J connectivity index is 1.06. The molecule has 4 heteroatoms. The van der Waals surface area contributed by atoms with E-state index in [-0.39, 0.29) is 0 Å². The molecule has 0 saturated carbocycles. The Kier molecular flexibility index (Phi) is 12.3. The van der Waals surface area contributed by atoms with Gasteiger partial charge in [0.15, 0.2) is 5.49 Å². The molecular weight excluding hydrogens is 729 g/mol. The zero-order valence-electron chi connectivity index (χ0n) is 33.8. The summed E-state index contributed by atoms with van der Waals surface area (Å²) in [5.74, 6) is 2.92. The smallest absolute Gasteiger partial charge is 0.156 e. The fourth-order valence-electron chi connectivity index (χ4n) is 7.48. The average molecular weight is 775 g/mol. The van der Waals surface area contributed by atoms with Crippen LogP contribution >= 0.6 is 0 Å². The van der Waals surface area contributed by atoms with E-state index in [4.69, 9.17) is 16.4 Å². The maximum atomic E-state index is 6.10. The number of rotatable bonds is 12. The summed E-state index contributed by atoms with van der Waals surface area (Å²) in [4.78, 5) is 10.3. The van der Waals surface area contributed by atoms with Gasteiger partial charge in [-0.1, -0.05) is 188 Å². The number of pyridine rings is 1. The highest BCUT2D eigenvalue weighted by atomic mass is 15.3. The summed E-state index contributed by atoms with van der Waals surface area (Å²) in [6.07, 6.45) is 19.0. The highest BCUT2D eigenvalue weighted by molar-refractivity contribution is 6.12. The van der Waals surface area contributed by atoms with Crippen molar-refractivity contribution in [2.45, 2.75) is 32.4 Å². The van der Waals surface area contributed by atoms with Crippen LogP contribution < -0.4 is 5.49 Å². The first kappa shape index (κ1) is 39.2. The molecule has 1 unspecified atom stereocenters. The predicted molar refractivity (Wildman–Crippen MR) is 252 cm³/mol. The summed E-state index contributed by atoms with van der Waals surface area (Å²) in [5, 5.41) is 4.38. The summed E-state index contributed by atoms with van der Waals surface area (Å²) in [7, 11) is 0. The van der Waals surface area contributed by atoms with E-state index in [0.29, 0.717) is 6.54 Å². The molecule has 8 rings (SSSR count). The summed E-state index contributed by atoms with van der Waals surface area (Å²) in [6.45, 7) is 6.52. The van der Waals surface area contributed by atoms with Gasteiger partial charge in [0.2, 0.25) is 0 Å². The summed E-state index contributed by atoms with van der Waals surface area (Å²) in [6, 6.07) is 58.5. The normalized spacial score (nSPS) is 13.7. The first-order chi connectivity index (χ1) is 29.6. The van der Waals surface area contributed by atoms with Crippen molar-refractivity contribution in [1.82, 2.24) is 4.68 Å². The second-order valence-corrected chi connectivity index (χ2v) is 14.8. The lowest BCUT2D eigenvalue weighted by Gasteiger charge is -2.14. The van der Waals surface area contributed by atoms with Gasteiger partial charge in [0.25, 0.3) is 0 Å². The Hall–Kier alpha value is -7.61. The Morgan fingerprint density at radius 2 is 1.25 bits per heavy atom. The van der Waals surface area contributed by atoms with Gasteiger partial charge in [-0.25, -0.2) is 4.68 Å². The van der Waals surface area contributed by atoms with Crippen LogP contribution in [0.5, 0.6) is 0 Å². The van der Waals surface area contributed by atoms with Gasteiger partial charge in [0, 0.05) is 24.0 Å². The van der Waals surface area contributed by atoms with Crippen LogP contribution in [0.25, 0.3) is 44.5 Å². The molecule has 0 amide bonds. The molecule has 290 valence electrons. The van der Waals surface area contributed by atoms with E-state index in [1.54, 1.807) is 4.68 Å². The van der Waals surface area contributed by atoms with Gasteiger partial charge >= 0.3 is 0 Å². The minimum absolute atomic E-state index is 0.423. The standard InChI is InChI=1S/C56H46N4/c1-4-54(50-23-15-8-16-24-50)59-55(37-41(2)43-29-31-47(32-30-43)44-17-9-5-10-18-44)51-35-33-48(34-36-51)46-27-25-42(26-28-46)39-58-56-53(49-21-13-7-14-22-49)38-52(40-60(56)57-3)45-19-11-6-12-20-45/h1,5,7-11,13-38,40,54H,3,6,12,39H2,2H3/b41-37+,58-56-,59-55+. The molecule has 0 aliphatic heterocycles. The number of hydrogen-bond donors (Lipinski definition) is 0. The number of hydrogen-bond acceptors (Lipinski definition) is 3. The molecule has 1 aliphatic carbocycles. The van der Waals surface area contributed by atoms with Crippen molar-refractivity contribution in [1.29, 1.82) is 0 Å². The number of nitrogens with zero attached hydrogens (tertiary/aromatic N) is 4. The fourth-order valence-corrected chi connectivity index (χ4v) is 7.48. The topological polar surface area (TPSA) is 42.0 Å². The summed E-state index contributed by atoms with van der Waals surface area (Å²) < 4.78 is 1.80. The van der Waals surface area contributed by atoms with Gasteiger partial charge in [-0.3, -0.25) is 9.98 Å². The zero-order valence-corrected chi connectivity index (χ0v) is 33.8. The maximum Gasteiger partial charge on any atom is 0.156 e. The monoisotopic (exact) mass is 774 g/mol. The molecule has 1 aliphatic rings. The van der Waals surface area contributed by atoms with Crippen LogP contribution in [0.3, 0.4) is 0 Å². The second-order valence-electron chi connectivity index (χ2n) is 14.8. The van der Waals surface area contributed by atoms with Crippen molar-refractivity contribution in [3.8, 4) is 45.7 Å². The third-order valence-corrected chi connectivity index (χ3v) is 10.8. The molecule has 0 N–H and O–H groups in total. The average Bonchev–Trinajstić information content (AvgIpc) is 3.33. The Morgan fingerprint density at radius 3 is 1.83 bits per heavy atom. The second kappa shape index (κ2) is 18.8. The minimum atomic E-state index is -0.423. The molecule has 0 saturated heterocycles. The molecule has 7 aromatic rings. The van der Waals surface area contributed by atoms with Crippen molar-refractivity contribution in [2.75, 3.05) is 0 Å². The van der Waals surface area contributed by atoms with E-state index < -0.39 is 6.04 Å². The van der Waals surface area contributed by atoms with E-state index in [1.807, 2.05) is 48.7 Å². The third kappa shape index (κ3) is 9.23. The van der Waals surface area contributed by atoms with Crippen molar-refractivity contribution in [3.05, 3.63) is 234 Å².